The van der Waals surface area contributed by atoms with Crippen LogP contribution < -0.4 is 16.4 Å². The van der Waals surface area contributed by atoms with E-state index in [1.165, 1.54) is 0 Å². The second-order valence-corrected chi connectivity index (χ2v) is 4.81. The highest BCUT2D eigenvalue weighted by molar-refractivity contribution is 5.87. The standard InChI is InChI=1S/C14H20N6O/c1-11(16-7-2-9-20-10-8-17-19-20)12-3-5-13(6-4-12)18-14(15)21/h3-6,8,10-11,16H,2,7,9H2,1H3,(H3,15,18,21). The van der Waals surface area contributed by atoms with Gasteiger partial charge in [-0.3, -0.25) is 4.68 Å². The van der Waals surface area contributed by atoms with Gasteiger partial charge in [0.2, 0.25) is 0 Å². The van der Waals surface area contributed by atoms with Crippen molar-refractivity contribution in [2.75, 3.05) is 11.9 Å². The predicted octanol–water partition coefficient (Wildman–Crippen LogP) is 1.51. The first-order chi connectivity index (χ1) is 10.1. The number of nitrogens with one attached hydrogen (secondary N) is 2. The van der Waals surface area contributed by atoms with Gasteiger partial charge in [0.05, 0.1) is 6.20 Å². The van der Waals surface area contributed by atoms with Crippen LogP contribution in [-0.2, 0) is 6.54 Å². The monoisotopic (exact) mass is 288 g/mol. The van der Waals surface area contributed by atoms with Crippen molar-refractivity contribution in [2.45, 2.75) is 25.9 Å². The van der Waals surface area contributed by atoms with Crippen LogP contribution in [0.5, 0.6) is 0 Å². The first-order valence-electron chi connectivity index (χ1n) is 6.89. The second-order valence-electron chi connectivity index (χ2n) is 4.81. The van der Waals surface area contributed by atoms with E-state index in [0.717, 1.165) is 25.1 Å². The van der Waals surface area contributed by atoms with Crippen molar-refractivity contribution in [3.8, 4) is 0 Å². The van der Waals surface area contributed by atoms with E-state index >= 15 is 0 Å². The quantitative estimate of drug-likeness (QED) is 0.673. The van der Waals surface area contributed by atoms with Crippen molar-refractivity contribution in [3.05, 3.63) is 42.2 Å². The number of carbonyl (C=O) groups is 1. The summed E-state index contributed by atoms with van der Waals surface area (Å²) in [4.78, 5) is 10.7. The van der Waals surface area contributed by atoms with Gasteiger partial charge in [0, 0.05) is 24.5 Å². The Morgan fingerprint density at radius 1 is 1.38 bits per heavy atom. The fourth-order valence-corrected chi connectivity index (χ4v) is 2.03. The number of urea groups is 1. The molecule has 1 aromatic carbocycles. The lowest BCUT2D eigenvalue weighted by atomic mass is 10.1. The average molecular weight is 288 g/mol. The minimum atomic E-state index is -0.554. The SMILES string of the molecule is CC(NCCCn1ccnn1)c1ccc(NC(N)=O)cc1. The zero-order valence-electron chi connectivity index (χ0n) is 12.0. The molecule has 7 heteroatoms. The molecule has 0 spiro atoms. The highest BCUT2D eigenvalue weighted by Crippen LogP contribution is 2.15. The molecule has 21 heavy (non-hydrogen) atoms. The maximum Gasteiger partial charge on any atom is 0.316 e. The van der Waals surface area contributed by atoms with Crippen LogP contribution in [0.4, 0.5) is 10.5 Å². The van der Waals surface area contributed by atoms with Crippen LogP contribution in [0.25, 0.3) is 0 Å². The predicted molar refractivity (Wildman–Crippen MR) is 80.7 cm³/mol. The third-order valence-electron chi connectivity index (χ3n) is 3.16. The summed E-state index contributed by atoms with van der Waals surface area (Å²) in [5.74, 6) is 0. The number of rotatable bonds is 7. The number of nitrogens with two attached hydrogens (primary N) is 1. The summed E-state index contributed by atoms with van der Waals surface area (Å²) in [5, 5.41) is 13.7. The highest BCUT2D eigenvalue weighted by atomic mass is 16.2. The van der Waals surface area contributed by atoms with Gasteiger partial charge in [-0.25, -0.2) is 4.79 Å². The summed E-state index contributed by atoms with van der Waals surface area (Å²) in [7, 11) is 0. The molecule has 2 rings (SSSR count). The molecule has 2 aromatic rings. The van der Waals surface area contributed by atoms with Gasteiger partial charge in [-0.15, -0.1) is 5.10 Å². The van der Waals surface area contributed by atoms with Gasteiger partial charge >= 0.3 is 6.03 Å². The maximum absolute atomic E-state index is 10.7. The Hall–Kier alpha value is -2.41. The Bertz CT molecular complexity index is 551. The minimum Gasteiger partial charge on any atom is -0.351 e. The van der Waals surface area contributed by atoms with E-state index in [-0.39, 0.29) is 6.04 Å². The van der Waals surface area contributed by atoms with E-state index < -0.39 is 6.03 Å². The normalized spacial score (nSPS) is 12.0. The van der Waals surface area contributed by atoms with E-state index in [0.29, 0.717) is 5.69 Å². The number of benzene rings is 1. The fourth-order valence-electron chi connectivity index (χ4n) is 2.03. The molecular formula is C14H20N6O. The van der Waals surface area contributed by atoms with Crippen LogP contribution >= 0.6 is 0 Å². The summed E-state index contributed by atoms with van der Waals surface area (Å²) in [6.07, 6.45) is 4.51. The van der Waals surface area contributed by atoms with E-state index in [9.17, 15) is 4.79 Å². The van der Waals surface area contributed by atoms with Crippen molar-refractivity contribution >= 4 is 11.7 Å². The molecule has 0 aliphatic carbocycles. The van der Waals surface area contributed by atoms with Gasteiger partial charge in [0.25, 0.3) is 0 Å². The second kappa shape index (κ2) is 7.39. The van der Waals surface area contributed by atoms with Crippen LogP contribution in [0.1, 0.15) is 24.9 Å². The maximum atomic E-state index is 10.7. The Morgan fingerprint density at radius 2 is 2.14 bits per heavy atom. The molecule has 0 saturated heterocycles. The first-order valence-corrected chi connectivity index (χ1v) is 6.89. The zero-order chi connectivity index (χ0) is 15.1. The largest absolute Gasteiger partial charge is 0.351 e. The van der Waals surface area contributed by atoms with Gasteiger partial charge < -0.3 is 16.4 Å². The molecule has 0 fully saturated rings. The number of anilines is 1. The van der Waals surface area contributed by atoms with Crippen molar-refractivity contribution in [2.24, 2.45) is 5.73 Å². The number of aromatic nitrogens is 3. The molecule has 0 aliphatic heterocycles. The molecule has 4 N–H and O–H groups in total. The van der Waals surface area contributed by atoms with Gasteiger partial charge in [-0.2, -0.15) is 0 Å². The molecular weight excluding hydrogens is 268 g/mol. The summed E-state index contributed by atoms with van der Waals surface area (Å²) in [6, 6.07) is 7.31. The molecule has 112 valence electrons. The summed E-state index contributed by atoms with van der Waals surface area (Å²) >= 11 is 0. The molecule has 1 heterocycles. The van der Waals surface area contributed by atoms with E-state index in [1.54, 1.807) is 6.20 Å². The van der Waals surface area contributed by atoms with Crippen LogP contribution in [0, 0.1) is 0 Å². The van der Waals surface area contributed by atoms with Crippen LogP contribution in [0.3, 0.4) is 0 Å². The smallest absolute Gasteiger partial charge is 0.316 e. The lowest BCUT2D eigenvalue weighted by Gasteiger charge is -2.14. The number of aryl methyl sites for hydroxylation is 1. The molecule has 2 amide bonds. The third kappa shape index (κ3) is 4.88. The Kier molecular flexibility index (Phi) is 5.28. The summed E-state index contributed by atoms with van der Waals surface area (Å²) in [6.45, 7) is 3.84. The molecule has 0 radical (unpaired) electrons. The van der Waals surface area contributed by atoms with Gasteiger partial charge in [-0.05, 0) is 37.6 Å². The van der Waals surface area contributed by atoms with Crippen molar-refractivity contribution in [3.63, 3.8) is 0 Å². The Labute approximate surface area is 123 Å². The van der Waals surface area contributed by atoms with Gasteiger partial charge in [0.15, 0.2) is 0 Å². The molecule has 1 unspecified atom stereocenters. The number of nitrogens with zero attached hydrogens (tertiary/aromatic N) is 3. The topological polar surface area (TPSA) is 97.9 Å². The number of carbonyl (C=O) groups excluding carboxylic acids is 1. The summed E-state index contributed by atoms with van der Waals surface area (Å²) in [5.41, 5.74) is 6.93. The van der Waals surface area contributed by atoms with Crippen LogP contribution in [0.15, 0.2) is 36.7 Å². The molecule has 0 bridgehead atoms. The lowest BCUT2D eigenvalue weighted by Crippen LogP contribution is -2.21. The molecule has 0 aliphatic rings. The van der Waals surface area contributed by atoms with E-state index in [4.69, 9.17) is 5.73 Å². The summed E-state index contributed by atoms with van der Waals surface area (Å²) < 4.78 is 1.82. The highest BCUT2D eigenvalue weighted by Gasteiger charge is 2.05. The number of hydrogen-bond acceptors (Lipinski definition) is 4. The number of amides is 2. The third-order valence-corrected chi connectivity index (χ3v) is 3.16. The molecule has 0 saturated carbocycles. The Balaban J connectivity index is 1.74. The van der Waals surface area contributed by atoms with Gasteiger partial charge in [-0.1, -0.05) is 17.3 Å². The fraction of sp³-hybridized carbons (Fsp3) is 0.357. The number of hydrogen-bond donors (Lipinski definition) is 3. The lowest BCUT2D eigenvalue weighted by molar-refractivity contribution is 0.259. The first kappa shape index (κ1) is 15.0. The number of primary amides is 1. The van der Waals surface area contributed by atoms with Crippen molar-refractivity contribution in [1.82, 2.24) is 20.3 Å². The van der Waals surface area contributed by atoms with Crippen molar-refractivity contribution in [1.29, 1.82) is 0 Å². The zero-order valence-corrected chi connectivity index (χ0v) is 12.0. The van der Waals surface area contributed by atoms with Crippen molar-refractivity contribution < 1.29 is 4.79 Å². The molecule has 1 atom stereocenters. The van der Waals surface area contributed by atoms with Crippen LogP contribution in [-0.4, -0.2) is 27.6 Å². The molecule has 1 aromatic heterocycles. The van der Waals surface area contributed by atoms with E-state index in [2.05, 4.69) is 27.9 Å². The van der Waals surface area contributed by atoms with Gasteiger partial charge in [0.1, 0.15) is 0 Å². The van der Waals surface area contributed by atoms with E-state index in [1.807, 2.05) is 35.1 Å². The molecule has 7 nitrogen and oxygen atoms in total. The Morgan fingerprint density at radius 3 is 2.76 bits per heavy atom. The van der Waals surface area contributed by atoms with Crippen LogP contribution in [0.2, 0.25) is 0 Å². The minimum absolute atomic E-state index is 0.239. The average Bonchev–Trinajstić information content (AvgIpc) is 2.97.